The number of nitrogens with zero attached hydrogens (tertiary/aromatic N) is 1. The number of H-pyrrole nitrogens is 1. The normalized spacial score (nSPS) is 11.5. The van der Waals surface area contributed by atoms with Crippen LogP contribution in [0.1, 0.15) is 26.5 Å². The largest absolute Gasteiger partial charge is 0.460 e. The number of fused-ring (bicyclic) bond motifs is 1. The van der Waals surface area contributed by atoms with Crippen LogP contribution in [-0.2, 0) is 16.0 Å². The third-order valence-electron chi connectivity index (χ3n) is 2.51. The van der Waals surface area contributed by atoms with Gasteiger partial charge in [0.2, 0.25) is 0 Å². The number of hydrogen-bond acceptors (Lipinski definition) is 4. The topological polar surface area (TPSA) is 72.0 Å². The fourth-order valence-corrected chi connectivity index (χ4v) is 1.82. The van der Waals surface area contributed by atoms with E-state index >= 15 is 0 Å². The highest BCUT2D eigenvalue weighted by Crippen LogP contribution is 2.15. The van der Waals surface area contributed by atoms with Crippen molar-refractivity contribution in [3.8, 4) is 0 Å². The minimum Gasteiger partial charge on any atom is -0.460 e. The third kappa shape index (κ3) is 3.19. The summed E-state index contributed by atoms with van der Waals surface area (Å²) in [6.07, 6.45) is 0.0363. The van der Waals surface area contributed by atoms with Gasteiger partial charge in [-0.05, 0) is 26.8 Å². The second-order valence-corrected chi connectivity index (χ2v) is 5.31. The number of carbonyl (C=O) groups is 1. The molecule has 1 aromatic heterocycles. The fourth-order valence-electron chi connectivity index (χ4n) is 1.82. The molecule has 2 rings (SSSR count). The first-order chi connectivity index (χ1) is 8.87. The van der Waals surface area contributed by atoms with E-state index in [0.717, 1.165) is 0 Å². The molecule has 0 unspecified atom stereocenters. The highest BCUT2D eigenvalue weighted by molar-refractivity contribution is 5.86. The Kier molecular flexibility index (Phi) is 3.38. The van der Waals surface area contributed by atoms with Gasteiger partial charge in [0, 0.05) is 5.39 Å². The number of aromatic nitrogens is 2. The number of rotatable bonds is 2. The van der Waals surface area contributed by atoms with Crippen LogP contribution in [0.4, 0.5) is 0 Å². The predicted octanol–water partition coefficient (Wildman–Crippen LogP) is 1.81. The highest BCUT2D eigenvalue weighted by atomic mass is 16.6. The highest BCUT2D eigenvalue weighted by Gasteiger charge is 2.18. The summed E-state index contributed by atoms with van der Waals surface area (Å²) in [7, 11) is 0. The average molecular weight is 260 g/mol. The van der Waals surface area contributed by atoms with Crippen molar-refractivity contribution in [2.75, 3.05) is 0 Å². The van der Waals surface area contributed by atoms with Crippen molar-refractivity contribution in [1.82, 2.24) is 10.2 Å². The fraction of sp³-hybridized carbons (Fsp3) is 0.357. The Morgan fingerprint density at radius 3 is 2.53 bits per heavy atom. The molecule has 19 heavy (non-hydrogen) atoms. The van der Waals surface area contributed by atoms with E-state index in [-0.39, 0.29) is 17.9 Å². The van der Waals surface area contributed by atoms with Gasteiger partial charge in [0.1, 0.15) is 5.60 Å². The van der Waals surface area contributed by atoms with E-state index < -0.39 is 5.60 Å². The first-order valence-corrected chi connectivity index (χ1v) is 6.05. The van der Waals surface area contributed by atoms with Gasteiger partial charge in [0.25, 0.3) is 5.56 Å². The maximum atomic E-state index is 11.8. The van der Waals surface area contributed by atoms with E-state index in [0.29, 0.717) is 16.5 Å². The van der Waals surface area contributed by atoms with E-state index in [1.807, 2.05) is 26.8 Å². The molecular weight excluding hydrogens is 244 g/mol. The van der Waals surface area contributed by atoms with Crippen LogP contribution < -0.4 is 5.56 Å². The van der Waals surface area contributed by atoms with Crippen molar-refractivity contribution < 1.29 is 9.53 Å². The molecule has 1 heterocycles. The first kappa shape index (κ1) is 13.3. The molecule has 5 nitrogen and oxygen atoms in total. The zero-order valence-corrected chi connectivity index (χ0v) is 11.2. The Bertz CT molecular complexity index is 668. The van der Waals surface area contributed by atoms with Crippen molar-refractivity contribution in [2.24, 2.45) is 0 Å². The van der Waals surface area contributed by atoms with Gasteiger partial charge in [0.05, 0.1) is 17.5 Å². The van der Waals surface area contributed by atoms with Gasteiger partial charge in [-0.25, -0.2) is 5.10 Å². The monoisotopic (exact) mass is 260 g/mol. The molecule has 1 N–H and O–H groups in total. The molecule has 0 aliphatic heterocycles. The quantitative estimate of drug-likeness (QED) is 0.836. The number of hydrogen-bond donors (Lipinski definition) is 1. The number of ether oxygens (including phenoxy) is 1. The molecule has 1 aromatic carbocycles. The molecule has 0 radical (unpaired) electrons. The van der Waals surface area contributed by atoms with Gasteiger partial charge in [-0.15, -0.1) is 0 Å². The summed E-state index contributed by atoms with van der Waals surface area (Å²) in [6, 6.07) is 7.06. The molecule has 0 bridgehead atoms. The van der Waals surface area contributed by atoms with Gasteiger partial charge < -0.3 is 4.74 Å². The van der Waals surface area contributed by atoms with Gasteiger partial charge in [-0.2, -0.15) is 5.10 Å². The maximum absolute atomic E-state index is 11.8. The van der Waals surface area contributed by atoms with Gasteiger partial charge >= 0.3 is 5.97 Å². The maximum Gasteiger partial charge on any atom is 0.312 e. The summed E-state index contributed by atoms with van der Waals surface area (Å²) in [4.78, 5) is 23.4. The van der Waals surface area contributed by atoms with Gasteiger partial charge in [-0.3, -0.25) is 9.59 Å². The van der Waals surface area contributed by atoms with E-state index in [1.165, 1.54) is 0 Å². The molecule has 0 fully saturated rings. The van der Waals surface area contributed by atoms with Crippen LogP contribution in [-0.4, -0.2) is 21.8 Å². The van der Waals surface area contributed by atoms with Crippen LogP contribution in [0.5, 0.6) is 0 Å². The molecule has 100 valence electrons. The Labute approximate surface area is 110 Å². The summed E-state index contributed by atoms with van der Waals surface area (Å²) >= 11 is 0. The average Bonchev–Trinajstić information content (AvgIpc) is 2.31. The molecule has 2 aromatic rings. The van der Waals surface area contributed by atoms with Crippen molar-refractivity contribution in [1.29, 1.82) is 0 Å². The molecule has 0 saturated carbocycles. The van der Waals surface area contributed by atoms with Crippen LogP contribution in [0.2, 0.25) is 0 Å². The molecule has 0 atom stereocenters. The van der Waals surface area contributed by atoms with Gasteiger partial charge in [0.15, 0.2) is 0 Å². The van der Waals surface area contributed by atoms with Crippen LogP contribution in [0, 0.1) is 0 Å². The zero-order chi connectivity index (χ0) is 14.0. The lowest BCUT2D eigenvalue weighted by atomic mass is 10.1. The number of esters is 1. The van der Waals surface area contributed by atoms with Crippen LogP contribution in [0.25, 0.3) is 10.8 Å². The van der Waals surface area contributed by atoms with Crippen LogP contribution >= 0.6 is 0 Å². The molecule has 0 aliphatic carbocycles. The number of nitrogens with one attached hydrogen (secondary N) is 1. The number of benzene rings is 1. The summed E-state index contributed by atoms with van der Waals surface area (Å²) in [5.74, 6) is -0.364. The Morgan fingerprint density at radius 1 is 1.26 bits per heavy atom. The zero-order valence-electron chi connectivity index (χ0n) is 11.2. The molecule has 0 amide bonds. The number of aromatic amines is 1. The molecule has 0 spiro atoms. The minimum atomic E-state index is -0.533. The SMILES string of the molecule is CC(C)(C)OC(=O)Cc1n[nH]c(=O)c2ccccc12. The molecular formula is C14H16N2O3. The van der Waals surface area contributed by atoms with Gasteiger partial charge in [-0.1, -0.05) is 18.2 Å². The second-order valence-electron chi connectivity index (χ2n) is 5.31. The van der Waals surface area contributed by atoms with Crippen molar-refractivity contribution in [3.05, 3.63) is 40.3 Å². The third-order valence-corrected chi connectivity index (χ3v) is 2.51. The summed E-state index contributed by atoms with van der Waals surface area (Å²) in [5.41, 5.74) is -0.275. The van der Waals surface area contributed by atoms with Crippen LogP contribution in [0.3, 0.4) is 0 Å². The van der Waals surface area contributed by atoms with E-state index in [9.17, 15) is 9.59 Å². The smallest absolute Gasteiger partial charge is 0.312 e. The second kappa shape index (κ2) is 4.84. The van der Waals surface area contributed by atoms with E-state index in [2.05, 4.69) is 10.2 Å². The molecule has 5 heteroatoms. The van der Waals surface area contributed by atoms with E-state index in [1.54, 1.807) is 18.2 Å². The lowest BCUT2D eigenvalue weighted by Crippen LogP contribution is -2.25. The van der Waals surface area contributed by atoms with E-state index in [4.69, 9.17) is 4.74 Å². The lowest BCUT2D eigenvalue weighted by molar-refractivity contribution is -0.153. The van der Waals surface area contributed by atoms with Crippen molar-refractivity contribution >= 4 is 16.7 Å². The van der Waals surface area contributed by atoms with Crippen molar-refractivity contribution in [2.45, 2.75) is 32.8 Å². The predicted molar refractivity (Wildman–Crippen MR) is 71.9 cm³/mol. The molecule has 0 aliphatic rings. The Hall–Kier alpha value is -2.17. The summed E-state index contributed by atoms with van der Waals surface area (Å²) in [5, 5.41) is 7.54. The lowest BCUT2D eigenvalue weighted by Gasteiger charge is -2.19. The molecule has 0 saturated heterocycles. The summed E-state index contributed by atoms with van der Waals surface area (Å²) in [6.45, 7) is 5.43. The number of carbonyl (C=O) groups excluding carboxylic acids is 1. The Balaban J connectivity index is 2.34. The first-order valence-electron chi connectivity index (χ1n) is 6.05. The standard InChI is InChI=1S/C14H16N2O3/c1-14(2,3)19-12(17)8-11-9-6-4-5-7-10(9)13(18)16-15-11/h4-7H,8H2,1-3H3,(H,16,18). The Morgan fingerprint density at radius 2 is 1.89 bits per heavy atom. The summed E-state index contributed by atoms with van der Waals surface area (Å²) < 4.78 is 5.25. The van der Waals surface area contributed by atoms with Crippen LogP contribution in [0.15, 0.2) is 29.1 Å². The van der Waals surface area contributed by atoms with Crippen molar-refractivity contribution in [3.63, 3.8) is 0 Å². The minimum absolute atomic E-state index is 0.0363.